The number of hydrogen-bond acceptors (Lipinski definition) is 5. The Balaban J connectivity index is 1.98. The van der Waals surface area contributed by atoms with Gasteiger partial charge in [-0.15, -0.1) is 0 Å². The largest absolute Gasteiger partial charge is 0.372 e. The van der Waals surface area contributed by atoms with Crippen LogP contribution in [-0.2, 0) is 16.0 Å². The van der Waals surface area contributed by atoms with E-state index in [2.05, 4.69) is 9.97 Å². The summed E-state index contributed by atoms with van der Waals surface area (Å²) < 4.78 is 5.63. The second kappa shape index (κ2) is 7.28. The SMILES string of the molecule is CCc1c(C)nc(SCC(=O)N2C[C@@H](C)O[C@@H](C)C2)[nH]c1=O. The van der Waals surface area contributed by atoms with Crippen LogP contribution in [0.4, 0.5) is 0 Å². The molecule has 1 aromatic heterocycles. The number of hydrogen-bond donors (Lipinski definition) is 1. The molecule has 1 aliphatic heterocycles. The second-order valence-corrected chi connectivity index (χ2v) is 6.60. The van der Waals surface area contributed by atoms with Crippen LogP contribution in [-0.4, -0.2) is 51.8 Å². The smallest absolute Gasteiger partial charge is 0.254 e. The minimum absolute atomic E-state index is 0.0480. The normalized spacial score (nSPS) is 21.9. The highest BCUT2D eigenvalue weighted by molar-refractivity contribution is 7.99. The molecule has 22 heavy (non-hydrogen) atoms. The van der Waals surface area contributed by atoms with E-state index in [0.29, 0.717) is 30.2 Å². The number of aromatic nitrogens is 2. The maximum atomic E-state index is 12.3. The van der Waals surface area contributed by atoms with Gasteiger partial charge in [0.05, 0.1) is 18.0 Å². The first kappa shape index (κ1) is 17.0. The number of ether oxygens (including phenoxy) is 1. The fourth-order valence-corrected chi connectivity index (χ4v) is 3.48. The molecule has 0 radical (unpaired) electrons. The fraction of sp³-hybridized carbons (Fsp3) is 0.667. The van der Waals surface area contributed by atoms with Gasteiger partial charge in [-0.3, -0.25) is 9.59 Å². The summed E-state index contributed by atoms with van der Waals surface area (Å²) in [6.07, 6.45) is 0.769. The highest BCUT2D eigenvalue weighted by Crippen LogP contribution is 2.16. The van der Waals surface area contributed by atoms with Gasteiger partial charge >= 0.3 is 0 Å². The predicted octanol–water partition coefficient (Wildman–Crippen LogP) is 1.37. The summed E-state index contributed by atoms with van der Waals surface area (Å²) in [7, 11) is 0. The molecule has 7 heteroatoms. The molecule has 2 atom stereocenters. The fourth-order valence-electron chi connectivity index (χ4n) is 2.67. The van der Waals surface area contributed by atoms with Crippen molar-refractivity contribution in [3.8, 4) is 0 Å². The molecule has 0 unspecified atom stereocenters. The number of morpholine rings is 1. The first-order valence-corrected chi connectivity index (χ1v) is 8.55. The van der Waals surface area contributed by atoms with Crippen molar-refractivity contribution < 1.29 is 9.53 Å². The number of H-pyrrole nitrogens is 1. The van der Waals surface area contributed by atoms with E-state index in [1.165, 1.54) is 11.8 Å². The maximum Gasteiger partial charge on any atom is 0.254 e. The molecule has 1 aromatic rings. The van der Waals surface area contributed by atoms with E-state index in [0.717, 1.165) is 5.69 Å². The number of amides is 1. The Labute approximate surface area is 134 Å². The number of nitrogens with zero attached hydrogens (tertiary/aromatic N) is 2. The van der Waals surface area contributed by atoms with Gasteiger partial charge in [0.2, 0.25) is 5.91 Å². The third-order valence-electron chi connectivity index (χ3n) is 3.66. The molecule has 1 aliphatic rings. The molecular weight excluding hydrogens is 302 g/mol. The Morgan fingerprint density at radius 2 is 2.05 bits per heavy atom. The van der Waals surface area contributed by atoms with Crippen LogP contribution >= 0.6 is 11.8 Å². The third kappa shape index (κ3) is 4.10. The molecule has 0 aromatic carbocycles. The summed E-state index contributed by atoms with van der Waals surface area (Å²) in [5, 5.41) is 0.502. The van der Waals surface area contributed by atoms with Crippen LogP contribution in [0.25, 0.3) is 0 Å². The van der Waals surface area contributed by atoms with Gasteiger partial charge in [0.15, 0.2) is 5.16 Å². The van der Waals surface area contributed by atoms with E-state index >= 15 is 0 Å². The average molecular weight is 325 g/mol. The number of carbonyl (C=O) groups is 1. The number of carbonyl (C=O) groups excluding carboxylic acids is 1. The molecule has 1 fully saturated rings. The number of aromatic amines is 1. The number of aryl methyl sites for hydroxylation is 1. The zero-order valence-corrected chi connectivity index (χ0v) is 14.3. The number of thioether (sulfide) groups is 1. The van der Waals surface area contributed by atoms with Crippen LogP contribution in [0.5, 0.6) is 0 Å². The van der Waals surface area contributed by atoms with Gasteiger partial charge in [-0.2, -0.15) is 0 Å². The Morgan fingerprint density at radius 1 is 1.41 bits per heavy atom. The standard InChI is InChI=1S/C15H23N3O3S/c1-5-12-11(4)16-15(17-14(12)20)22-8-13(19)18-6-9(2)21-10(3)7-18/h9-10H,5-8H2,1-4H3,(H,16,17,20)/t9-,10+. The Bertz CT molecular complexity index is 592. The zero-order valence-electron chi connectivity index (χ0n) is 13.5. The Kier molecular flexibility index (Phi) is 5.63. The number of nitrogens with one attached hydrogen (secondary N) is 1. The quantitative estimate of drug-likeness (QED) is 0.668. The molecule has 122 valence electrons. The molecule has 6 nitrogen and oxygen atoms in total. The summed E-state index contributed by atoms with van der Waals surface area (Å²) >= 11 is 1.27. The van der Waals surface area contributed by atoms with Gasteiger partial charge in [-0.25, -0.2) is 4.98 Å². The van der Waals surface area contributed by atoms with Gasteiger partial charge < -0.3 is 14.6 Å². The van der Waals surface area contributed by atoms with Crippen molar-refractivity contribution in [2.75, 3.05) is 18.8 Å². The molecular formula is C15H23N3O3S. The molecule has 0 aliphatic carbocycles. The van der Waals surface area contributed by atoms with Gasteiger partial charge in [0.25, 0.3) is 5.56 Å². The van der Waals surface area contributed by atoms with Crippen molar-refractivity contribution in [2.45, 2.75) is 51.5 Å². The lowest BCUT2D eigenvalue weighted by atomic mass is 10.2. The van der Waals surface area contributed by atoms with E-state index in [1.54, 1.807) is 0 Å². The van der Waals surface area contributed by atoms with Crippen molar-refractivity contribution in [2.24, 2.45) is 0 Å². The Morgan fingerprint density at radius 3 is 2.59 bits per heavy atom. The van der Waals surface area contributed by atoms with E-state index in [1.807, 2.05) is 32.6 Å². The maximum absolute atomic E-state index is 12.3. The molecule has 1 saturated heterocycles. The lowest BCUT2D eigenvalue weighted by Gasteiger charge is -2.35. The first-order chi connectivity index (χ1) is 10.4. The van der Waals surface area contributed by atoms with Crippen molar-refractivity contribution >= 4 is 17.7 Å². The van der Waals surface area contributed by atoms with Gasteiger partial charge in [0.1, 0.15) is 0 Å². The van der Waals surface area contributed by atoms with Crippen LogP contribution in [0.15, 0.2) is 9.95 Å². The highest BCUT2D eigenvalue weighted by atomic mass is 32.2. The summed E-state index contributed by atoms with van der Waals surface area (Å²) in [4.78, 5) is 33.1. The molecule has 0 saturated carbocycles. The van der Waals surface area contributed by atoms with E-state index < -0.39 is 0 Å². The summed E-state index contributed by atoms with van der Waals surface area (Å²) in [6.45, 7) is 8.91. The summed E-state index contributed by atoms with van der Waals surface area (Å²) in [5.41, 5.74) is 1.32. The average Bonchev–Trinajstić information content (AvgIpc) is 2.43. The van der Waals surface area contributed by atoms with Gasteiger partial charge in [-0.1, -0.05) is 18.7 Å². The molecule has 2 rings (SSSR count). The van der Waals surface area contributed by atoms with Crippen LogP contribution in [0, 0.1) is 6.92 Å². The molecule has 1 N–H and O–H groups in total. The van der Waals surface area contributed by atoms with Crippen molar-refractivity contribution in [1.29, 1.82) is 0 Å². The van der Waals surface area contributed by atoms with Crippen molar-refractivity contribution in [3.05, 3.63) is 21.6 Å². The zero-order chi connectivity index (χ0) is 16.3. The molecule has 0 spiro atoms. The van der Waals surface area contributed by atoms with Crippen LogP contribution in [0.3, 0.4) is 0 Å². The highest BCUT2D eigenvalue weighted by Gasteiger charge is 2.25. The molecule has 2 heterocycles. The minimum atomic E-state index is -0.112. The molecule has 0 bridgehead atoms. The van der Waals surface area contributed by atoms with Crippen molar-refractivity contribution in [1.82, 2.24) is 14.9 Å². The monoisotopic (exact) mass is 325 g/mol. The topological polar surface area (TPSA) is 75.3 Å². The number of rotatable bonds is 4. The molecule has 1 amide bonds. The van der Waals surface area contributed by atoms with E-state index in [4.69, 9.17) is 4.74 Å². The van der Waals surface area contributed by atoms with E-state index in [-0.39, 0.29) is 29.4 Å². The van der Waals surface area contributed by atoms with Crippen LogP contribution < -0.4 is 5.56 Å². The van der Waals surface area contributed by atoms with Gasteiger partial charge in [0, 0.05) is 24.3 Å². The summed E-state index contributed by atoms with van der Waals surface area (Å²) in [6, 6.07) is 0. The minimum Gasteiger partial charge on any atom is -0.372 e. The van der Waals surface area contributed by atoms with Crippen LogP contribution in [0.1, 0.15) is 32.0 Å². The van der Waals surface area contributed by atoms with Crippen molar-refractivity contribution in [3.63, 3.8) is 0 Å². The Hall–Kier alpha value is -1.34. The van der Waals surface area contributed by atoms with E-state index in [9.17, 15) is 9.59 Å². The second-order valence-electron chi connectivity index (χ2n) is 5.63. The third-order valence-corrected chi connectivity index (χ3v) is 4.52. The van der Waals surface area contributed by atoms with Gasteiger partial charge in [-0.05, 0) is 27.2 Å². The predicted molar refractivity (Wildman–Crippen MR) is 86.3 cm³/mol. The first-order valence-electron chi connectivity index (χ1n) is 7.56. The lowest BCUT2D eigenvalue weighted by molar-refractivity contribution is -0.140. The summed E-state index contributed by atoms with van der Waals surface area (Å²) in [5.74, 6) is 0.319. The van der Waals surface area contributed by atoms with Crippen LogP contribution in [0.2, 0.25) is 0 Å². The lowest BCUT2D eigenvalue weighted by Crippen LogP contribution is -2.48.